The van der Waals surface area contributed by atoms with Crippen molar-refractivity contribution in [3.8, 4) is 0 Å². The van der Waals surface area contributed by atoms with Crippen LogP contribution in [0.15, 0.2) is 29.4 Å². The van der Waals surface area contributed by atoms with Gasteiger partial charge in [-0.25, -0.2) is 13.4 Å². The Labute approximate surface area is 117 Å². The predicted molar refractivity (Wildman–Crippen MR) is 74.9 cm³/mol. The molecule has 7 heteroatoms. The van der Waals surface area contributed by atoms with E-state index in [2.05, 4.69) is 9.97 Å². The van der Waals surface area contributed by atoms with Crippen molar-refractivity contribution in [2.75, 3.05) is 13.2 Å². The number of nitrogens with zero attached hydrogens (tertiary/aromatic N) is 2. The van der Waals surface area contributed by atoms with Crippen LogP contribution in [0.3, 0.4) is 0 Å². The molecule has 0 spiro atoms. The standard InChI is InChI=1S/C13H17N3O3S/c1-9-8-19-10(2)7-16(9)20(17,18)12-6-15-13-11(12)4-3-5-14-13/h3-6,9-10H,7-8H2,1-2H3,(H,14,15)/t9-,10-/m1/s1. The van der Waals surface area contributed by atoms with E-state index in [1.807, 2.05) is 13.8 Å². The Morgan fingerprint density at radius 1 is 1.45 bits per heavy atom. The van der Waals surface area contributed by atoms with Crippen LogP contribution in [0.1, 0.15) is 13.8 Å². The van der Waals surface area contributed by atoms with Crippen LogP contribution in [0, 0.1) is 0 Å². The summed E-state index contributed by atoms with van der Waals surface area (Å²) in [6.45, 7) is 4.53. The lowest BCUT2D eigenvalue weighted by molar-refractivity contribution is -0.0170. The summed E-state index contributed by atoms with van der Waals surface area (Å²) >= 11 is 0. The minimum absolute atomic E-state index is 0.0932. The Morgan fingerprint density at radius 3 is 3.05 bits per heavy atom. The first-order chi connectivity index (χ1) is 9.50. The number of fused-ring (bicyclic) bond motifs is 1. The molecular weight excluding hydrogens is 278 g/mol. The Balaban J connectivity index is 2.07. The molecule has 1 N–H and O–H groups in total. The monoisotopic (exact) mass is 295 g/mol. The fourth-order valence-corrected chi connectivity index (χ4v) is 4.32. The number of aromatic nitrogens is 2. The lowest BCUT2D eigenvalue weighted by Crippen LogP contribution is -2.49. The van der Waals surface area contributed by atoms with Gasteiger partial charge in [-0.15, -0.1) is 0 Å². The van der Waals surface area contributed by atoms with Gasteiger partial charge in [0.15, 0.2) is 0 Å². The molecule has 108 valence electrons. The van der Waals surface area contributed by atoms with Crippen molar-refractivity contribution in [3.63, 3.8) is 0 Å². The highest BCUT2D eigenvalue weighted by Crippen LogP contribution is 2.27. The van der Waals surface area contributed by atoms with E-state index in [-0.39, 0.29) is 17.0 Å². The van der Waals surface area contributed by atoms with Gasteiger partial charge in [-0.3, -0.25) is 0 Å². The van der Waals surface area contributed by atoms with Crippen LogP contribution < -0.4 is 0 Å². The molecule has 2 atom stereocenters. The first-order valence-electron chi connectivity index (χ1n) is 6.55. The van der Waals surface area contributed by atoms with E-state index < -0.39 is 10.0 Å². The molecule has 3 rings (SSSR count). The molecule has 0 radical (unpaired) electrons. The fraction of sp³-hybridized carbons (Fsp3) is 0.462. The van der Waals surface area contributed by atoms with Gasteiger partial charge in [-0.1, -0.05) is 0 Å². The summed E-state index contributed by atoms with van der Waals surface area (Å²) in [7, 11) is -3.55. The molecule has 1 fully saturated rings. The molecule has 0 saturated carbocycles. The molecular formula is C13H17N3O3S. The zero-order chi connectivity index (χ0) is 14.3. The predicted octanol–water partition coefficient (Wildman–Crippen LogP) is 1.36. The lowest BCUT2D eigenvalue weighted by Gasteiger charge is -2.35. The molecule has 2 aromatic heterocycles. The average Bonchev–Trinajstić information content (AvgIpc) is 2.86. The highest BCUT2D eigenvalue weighted by atomic mass is 32.2. The third-order valence-electron chi connectivity index (χ3n) is 3.55. The lowest BCUT2D eigenvalue weighted by atomic mass is 10.2. The Morgan fingerprint density at radius 2 is 2.25 bits per heavy atom. The number of aromatic amines is 1. The second-order valence-corrected chi connectivity index (χ2v) is 6.98. The van der Waals surface area contributed by atoms with Gasteiger partial charge in [0.1, 0.15) is 10.5 Å². The van der Waals surface area contributed by atoms with E-state index in [9.17, 15) is 8.42 Å². The van der Waals surface area contributed by atoms with Crippen LogP contribution in [0.25, 0.3) is 11.0 Å². The first kappa shape index (κ1) is 13.5. The van der Waals surface area contributed by atoms with Gasteiger partial charge in [0.05, 0.1) is 12.7 Å². The number of sulfonamides is 1. The van der Waals surface area contributed by atoms with E-state index >= 15 is 0 Å². The minimum atomic E-state index is -3.55. The molecule has 1 aliphatic heterocycles. The van der Waals surface area contributed by atoms with Gasteiger partial charge in [0, 0.05) is 30.4 Å². The summed E-state index contributed by atoms with van der Waals surface area (Å²) in [4.78, 5) is 7.32. The van der Waals surface area contributed by atoms with Gasteiger partial charge in [-0.2, -0.15) is 4.31 Å². The molecule has 1 saturated heterocycles. The Hall–Kier alpha value is -1.44. The maximum Gasteiger partial charge on any atom is 0.245 e. The zero-order valence-electron chi connectivity index (χ0n) is 11.4. The number of hydrogen-bond acceptors (Lipinski definition) is 4. The van der Waals surface area contributed by atoms with Crippen LogP contribution in [-0.4, -0.2) is 48.0 Å². The molecule has 3 heterocycles. The Bertz CT molecular complexity index is 725. The van der Waals surface area contributed by atoms with Crippen molar-refractivity contribution < 1.29 is 13.2 Å². The number of rotatable bonds is 2. The molecule has 20 heavy (non-hydrogen) atoms. The summed E-state index contributed by atoms with van der Waals surface area (Å²) in [6.07, 6.45) is 3.05. The number of hydrogen-bond donors (Lipinski definition) is 1. The van der Waals surface area contributed by atoms with E-state index in [0.29, 0.717) is 24.2 Å². The maximum atomic E-state index is 12.8. The SMILES string of the molecule is C[C@@H]1CN(S(=O)(=O)c2c[nH]c3ncccc23)[C@H](C)CO1. The third kappa shape index (κ3) is 2.11. The van der Waals surface area contributed by atoms with Crippen molar-refractivity contribution >= 4 is 21.1 Å². The smallest absolute Gasteiger partial charge is 0.245 e. The summed E-state index contributed by atoms with van der Waals surface area (Å²) in [6, 6.07) is 3.33. The summed E-state index contributed by atoms with van der Waals surface area (Å²) in [5, 5.41) is 0.624. The topological polar surface area (TPSA) is 75.3 Å². The molecule has 2 aromatic rings. The summed E-state index contributed by atoms with van der Waals surface area (Å²) in [5.41, 5.74) is 0.583. The molecule has 0 aliphatic carbocycles. The second kappa shape index (κ2) is 4.83. The molecule has 1 aliphatic rings. The number of pyridine rings is 1. The largest absolute Gasteiger partial charge is 0.375 e. The second-order valence-electron chi connectivity index (χ2n) is 5.12. The first-order valence-corrected chi connectivity index (χ1v) is 7.99. The number of nitrogens with one attached hydrogen (secondary N) is 1. The molecule has 0 aromatic carbocycles. The minimum Gasteiger partial charge on any atom is -0.375 e. The summed E-state index contributed by atoms with van der Waals surface area (Å²) in [5.74, 6) is 0. The van der Waals surface area contributed by atoms with Crippen LogP contribution in [0.4, 0.5) is 0 Å². The molecule has 6 nitrogen and oxygen atoms in total. The molecule has 0 amide bonds. The maximum absolute atomic E-state index is 12.8. The highest BCUT2D eigenvalue weighted by Gasteiger charge is 2.35. The molecule has 0 bridgehead atoms. The third-order valence-corrected chi connectivity index (χ3v) is 5.57. The van der Waals surface area contributed by atoms with Gasteiger partial charge >= 0.3 is 0 Å². The zero-order valence-corrected chi connectivity index (χ0v) is 12.2. The number of ether oxygens (including phenoxy) is 1. The highest BCUT2D eigenvalue weighted by molar-refractivity contribution is 7.89. The van der Waals surface area contributed by atoms with Gasteiger partial charge in [0.2, 0.25) is 10.0 Å². The average molecular weight is 295 g/mol. The summed E-state index contributed by atoms with van der Waals surface area (Å²) < 4.78 is 32.7. The van der Waals surface area contributed by atoms with Crippen LogP contribution in [-0.2, 0) is 14.8 Å². The van der Waals surface area contributed by atoms with Crippen molar-refractivity contribution in [2.45, 2.75) is 30.9 Å². The van der Waals surface area contributed by atoms with E-state index in [4.69, 9.17) is 4.74 Å². The van der Waals surface area contributed by atoms with Gasteiger partial charge in [-0.05, 0) is 26.0 Å². The van der Waals surface area contributed by atoms with Crippen molar-refractivity contribution in [2.24, 2.45) is 0 Å². The van der Waals surface area contributed by atoms with E-state index in [1.54, 1.807) is 18.3 Å². The van der Waals surface area contributed by atoms with Crippen LogP contribution >= 0.6 is 0 Å². The fourth-order valence-electron chi connectivity index (χ4n) is 2.48. The number of H-pyrrole nitrogens is 1. The van der Waals surface area contributed by atoms with Crippen LogP contribution in [0.5, 0.6) is 0 Å². The van der Waals surface area contributed by atoms with Crippen molar-refractivity contribution in [1.29, 1.82) is 0 Å². The van der Waals surface area contributed by atoms with Crippen LogP contribution in [0.2, 0.25) is 0 Å². The van der Waals surface area contributed by atoms with Crippen molar-refractivity contribution in [1.82, 2.24) is 14.3 Å². The Kier molecular flexibility index (Phi) is 3.27. The van der Waals surface area contributed by atoms with Crippen molar-refractivity contribution in [3.05, 3.63) is 24.5 Å². The number of morpholine rings is 1. The van der Waals surface area contributed by atoms with Gasteiger partial charge in [0.25, 0.3) is 0 Å². The normalized spacial score (nSPS) is 25.1. The van der Waals surface area contributed by atoms with Gasteiger partial charge < -0.3 is 9.72 Å². The quantitative estimate of drug-likeness (QED) is 0.907. The molecule has 0 unspecified atom stereocenters. The van der Waals surface area contributed by atoms with E-state index in [0.717, 1.165) is 0 Å². The van der Waals surface area contributed by atoms with E-state index in [1.165, 1.54) is 10.5 Å².